The molecule has 0 aliphatic carbocycles. The molecular weight excluding hydrogens is 326 g/mol. The monoisotopic (exact) mass is 340 g/mol. The standard InChI is InChI=1S/C15H14F2N2O3S/c1-9(11-4-7-13(16)14(17)8-11)19-15(20)10-2-5-12(6-3-10)23(18,21)22/h2-9H,1H3,(H,19,20)(H2,18,21,22)/t9-/m0/s1. The molecule has 8 heteroatoms. The SMILES string of the molecule is C[C@H](NC(=O)c1ccc(S(N)(=O)=O)cc1)c1ccc(F)c(F)c1. The lowest BCUT2D eigenvalue weighted by Crippen LogP contribution is -2.26. The van der Waals surface area contributed by atoms with Gasteiger partial charge in [0.15, 0.2) is 11.6 Å². The molecule has 0 aromatic heterocycles. The molecule has 2 aromatic rings. The maximum atomic E-state index is 13.2. The first-order chi connectivity index (χ1) is 10.7. The van der Waals surface area contributed by atoms with Crippen molar-refractivity contribution in [2.24, 2.45) is 5.14 Å². The van der Waals surface area contributed by atoms with E-state index in [0.29, 0.717) is 5.56 Å². The van der Waals surface area contributed by atoms with E-state index in [2.05, 4.69) is 5.32 Å². The van der Waals surface area contributed by atoms with E-state index in [-0.39, 0.29) is 10.5 Å². The van der Waals surface area contributed by atoms with Gasteiger partial charge in [0, 0.05) is 5.56 Å². The van der Waals surface area contributed by atoms with Crippen LogP contribution in [-0.4, -0.2) is 14.3 Å². The predicted octanol–water partition coefficient (Wildman–Crippen LogP) is 2.10. The fourth-order valence-corrected chi connectivity index (χ4v) is 2.46. The number of carbonyl (C=O) groups excluding carboxylic acids is 1. The van der Waals surface area contributed by atoms with Crippen molar-refractivity contribution in [3.8, 4) is 0 Å². The summed E-state index contributed by atoms with van der Waals surface area (Å²) in [6, 6.07) is 7.85. The molecule has 0 heterocycles. The van der Waals surface area contributed by atoms with Crippen LogP contribution in [0.15, 0.2) is 47.4 Å². The number of nitrogens with two attached hydrogens (primary N) is 1. The molecule has 122 valence electrons. The van der Waals surface area contributed by atoms with E-state index in [1.54, 1.807) is 6.92 Å². The highest BCUT2D eigenvalue weighted by molar-refractivity contribution is 7.89. The number of carbonyl (C=O) groups is 1. The molecular formula is C15H14F2N2O3S. The van der Waals surface area contributed by atoms with E-state index in [0.717, 1.165) is 12.1 Å². The number of hydrogen-bond acceptors (Lipinski definition) is 3. The molecule has 23 heavy (non-hydrogen) atoms. The van der Waals surface area contributed by atoms with Crippen LogP contribution >= 0.6 is 0 Å². The number of hydrogen-bond donors (Lipinski definition) is 2. The van der Waals surface area contributed by atoms with Crippen LogP contribution in [-0.2, 0) is 10.0 Å². The second-order valence-electron chi connectivity index (χ2n) is 4.94. The Labute approximate surface area is 132 Å². The van der Waals surface area contributed by atoms with Gasteiger partial charge < -0.3 is 5.32 Å². The van der Waals surface area contributed by atoms with Crippen molar-refractivity contribution in [2.45, 2.75) is 17.9 Å². The lowest BCUT2D eigenvalue weighted by molar-refractivity contribution is 0.0939. The Morgan fingerprint density at radius 2 is 1.70 bits per heavy atom. The van der Waals surface area contributed by atoms with Gasteiger partial charge in [-0.2, -0.15) is 0 Å². The summed E-state index contributed by atoms with van der Waals surface area (Å²) in [5, 5.41) is 7.58. The first-order valence-electron chi connectivity index (χ1n) is 6.57. The van der Waals surface area contributed by atoms with Gasteiger partial charge in [-0.3, -0.25) is 4.79 Å². The maximum Gasteiger partial charge on any atom is 0.251 e. The summed E-state index contributed by atoms with van der Waals surface area (Å²) >= 11 is 0. The summed E-state index contributed by atoms with van der Waals surface area (Å²) in [7, 11) is -3.83. The quantitative estimate of drug-likeness (QED) is 0.893. The molecule has 0 saturated heterocycles. The Kier molecular flexibility index (Phi) is 4.76. The zero-order valence-corrected chi connectivity index (χ0v) is 12.9. The zero-order valence-electron chi connectivity index (χ0n) is 12.1. The summed E-state index contributed by atoms with van der Waals surface area (Å²) in [6.07, 6.45) is 0. The van der Waals surface area contributed by atoms with Crippen LogP contribution in [0.1, 0.15) is 28.9 Å². The minimum absolute atomic E-state index is 0.109. The molecule has 5 nitrogen and oxygen atoms in total. The van der Waals surface area contributed by atoms with Crippen molar-refractivity contribution in [1.29, 1.82) is 0 Å². The van der Waals surface area contributed by atoms with E-state index in [4.69, 9.17) is 5.14 Å². The number of benzene rings is 2. The largest absolute Gasteiger partial charge is 0.346 e. The third kappa shape index (κ3) is 4.11. The van der Waals surface area contributed by atoms with Gasteiger partial charge in [0.05, 0.1) is 10.9 Å². The molecule has 0 radical (unpaired) electrons. The second-order valence-corrected chi connectivity index (χ2v) is 6.50. The Balaban J connectivity index is 2.13. The summed E-state index contributed by atoms with van der Waals surface area (Å²) in [5.74, 6) is -2.45. The fourth-order valence-electron chi connectivity index (χ4n) is 1.94. The number of primary sulfonamides is 1. The molecule has 1 atom stereocenters. The molecule has 0 spiro atoms. The topological polar surface area (TPSA) is 89.3 Å². The smallest absolute Gasteiger partial charge is 0.251 e. The van der Waals surface area contributed by atoms with Crippen molar-refractivity contribution in [1.82, 2.24) is 5.32 Å². The van der Waals surface area contributed by atoms with Gasteiger partial charge in [0.25, 0.3) is 5.91 Å². The number of amides is 1. The molecule has 2 rings (SSSR count). The van der Waals surface area contributed by atoms with E-state index in [1.165, 1.54) is 30.3 Å². The normalized spacial score (nSPS) is 12.7. The van der Waals surface area contributed by atoms with E-state index in [1.807, 2.05) is 0 Å². The summed E-state index contributed by atoms with van der Waals surface area (Å²) in [5.41, 5.74) is 0.616. The fraction of sp³-hybridized carbons (Fsp3) is 0.133. The van der Waals surface area contributed by atoms with Crippen molar-refractivity contribution in [3.05, 3.63) is 65.2 Å². The van der Waals surface area contributed by atoms with Gasteiger partial charge in [-0.25, -0.2) is 22.3 Å². The lowest BCUT2D eigenvalue weighted by atomic mass is 10.1. The maximum absolute atomic E-state index is 13.2. The number of halogens is 2. The molecule has 0 bridgehead atoms. The predicted molar refractivity (Wildman–Crippen MR) is 80.1 cm³/mol. The number of nitrogens with one attached hydrogen (secondary N) is 1. The highest BCUT2D eigenvalue weighted by Crippen LogP contribution is 2.17. The highest BCUT2D eigenvalue weighted by atomic mass is 32.2. The Morgan fingerprint density at radius 3 is 2.22 bits per heavy atom. The third-order valence-corrected chi connectivity index (χ3v) is 4.17. The van der Waals surface area contributed by atoms with Crippen molar-refractivity contribution in [2.75, 3.05) is 0 Å². The summed E-state index contributed by atoms with van der Waals surface area (Å²) < 4.78 is 48.4. The first-order valence-corrected chi connectivity index (χ1v) is 8.12. The third-order valence-electron chi connectivity index (χ3n) is 3.24. The highest BCUT2D eigenvalue weighted by Gasteiger charge is 2.14. The van der Waals surface area contributed by atoms with Crippen LogP contribution in [0.5, 0.6) is 0 Å². The molecule has 0 aliphatic heterocycles. The second kappa shape index (κ2) is 6.43. The first kappa shape index (κ1) is 17.0. The average molecular weight is 340 g/mol. The van der Waals surface area contributed by atoms with Crippen molar-refractivity contribution >= 4 is 15.9 Å². The van der Waals surface area contributed by atoms with Crippen LogP contribution in [0.4, 0.5) is 8.78 Å². The Morgan fingerprint density at radius 1 is 1.09 bits per heavy atom. The van der Waals surface area contributed by atoms with Gasteiger partial charge in [-0.15, -0.1) is 0 Å². The zero-order chi connectivity index (χ0) is 17.2. The number of sulfonamides is 1. The molecule has 0 aliphatic rings. The minimum Gasteiger partial charge on any atom is -0.346 e. The van der Waals surface area contributed by atoms with Gasteiger partial charge in [0.2, 0.25) is 10.0 Å². The molecule has 0 fully saturated rings. The molecule has 0 saturated carbocycles. The molecule has 3 N–H and O–H groups in total. The Bertz CT molecular complexity index is 836. The van der Waals surface area contributed by atoms with Gasteiger partial charge in [-0.05, 0) is 48.9 Å². The van der Waals surface area contributed by atoms with Crippen LogP contribution in [0.25, 0.3) is 0 Å². The van der Waals surface area contributed by atoms with Gasteiger partial charge in [-0.1, -0.05) is 6.07 Å². The van der Waals surface area contributed by atoms with Crippen LogP contribution in [0, 0.1) is 11.6 Å². The lowest BCUT2D eigenvalue weighted by Gasteiger charge is -2.14. The summed E-state index contributed by atoms with van der Waals surface area (Å²) in [4.78, 5) is 12.0. The van der Waals surface area contributed by atoms with E-state index < -0.39 is 33.6 Å². The van der Waals surface area contributed by atoms with Crippen molar-refractivity contribution in [3.63, 3.8) is 0 Å². The van der Waals surface area contributed by atoms with Crippen LogP contribution in [0.3, 0.4) is 0 Å². The number of rotatable bonds is 4. The van der Waals surface area contributed by atoms with E-state index in [9.17, 15) is 22.0 Å². The summed E-state index contributed by atoms with van der Waals surface area (Å²) in [6.45, 7) is 1.61. The average Bonchev–Trinajstić information content (AvgIpc) is 2.49. The molecule has 0 unspecified atom stereocenters. The van der Waals surface area contributed by atoms with Crippen LogP contribution in [0.2, 0.25) is 0 Å². The van der Waals surface area contributed by atoms with Gasteiger partial charge >= 0.3 is 0 Å². The van der Waals surface area contributed by atoms with E-state index >= 15 is 0 Å². The Hall–Kier alpha value is -2.32. The van der Waals surface area contributed by atoms with Crippen molar-refractivity contribution < 1.29 is 22.0 Å². The van der Waals surface area contributed by atoms with Gasteiger partial charge in [0.1, 0.15) is 0 Å². The molecule has 2 aromatic carbocycles. The van der Waals surface area contributed by atoms with Crippen LogP contribution < -0.4 is 10.5 Å². The molecule has 1 amide bonds. The minimum atomic E-state index is -3.83.